The average Bonchev–Trinajstić information content (AvgIpc) is 2.47. The summed E-state index contributed by atoms with van der Waals surface area (Å²) in [6.07, 6.45) is 2.16. The lowest BCUT2D eigenvalue weighted by molar-refractivity contribution is 0.373. The van der Waals surface area contributed by atoms with Crippen molar-refractivity contribution in [1.29, 1.82) is 0 Å². The molecular formula is C14H16N4O3. The molecule has 7 heteroatoms. The molecule has 1 heterocycles. The molecule has 0 aliphatic rings. The van der Waals surface area contributed by atoms with Crippen LogP contribution in [0.5, 0.6) is 11.5 Å². The van der Waals surface area contributed by atoms with Crippen molar-refractivity contribution in [2.75, 3.05) is 12.5 Å². The molecule has 1 aromatic heterocycles. The number of aromatic nitrogens is 2. The fourth-order valence-corrected chi connectivity index (χ4v) is 1.70. The zero-order chi connectivity index (χ0) is 15.2. The van der Waals surface area contributed by atoms with Gasteiger partial charge in [0, 0.05) is 11.8 Å². The van der Waals surface area contributed by atoms with E-state index < -0.39 is 0 Å². The van der Waals surface area contributed by atoms with Gasteiger partial charge in [0.1, 0.15) is 0 Å². The molecule has 0 aliphatic carbocycles. The van der Waals surface area contributed by atoms with Gasteiger partial charge in [-0.05, 0) is 30.2 Å². The van der Waals surface area contributed by atoms with Crippen LogP contribution in [0.4, 0.5) is 5.95 Å². The second-order valence-corrected chi connectivity index (χ2v) is 4.24. The maximum Gasteiger partial charge on any atom is 0.252 e. The summed E-state index contributed by atoms with van der Waals surface area (Å²) >= 11 is 0. The molecule has 2 rings (SSSR count). The molecular weight excluding hydrogens is 272 g/mol. The van der Waals surface area contributed by atoms with Crippen LogP contribution in [0.3, 0.4) is 0 Å². The third-order valence-electron chi connectivity index (χ3n) is 2.74. The second kappa shape index (κ2) is 6.56. The Morgan fingerprint density at radius 1 is 1.48 bits per heavy atom. The lowest BCUT2D eigenvalue weighted by Gasteiger charge is -2.03. The topological polar surface area (TPSA) is 99.6 Å². The van der Waals surface area contributed by atoms with E-state index in [1.165, 1.54) is 25.5 Å². The van der Waals surface area contributed by atoms with Crippen LogP contribution in [0.2, 0.25) is 0 Å². The fourth-order valence-electron chi connectivity index (χ4n) is 1.70. The predicted molar refractivity (Wildman–Crippen MR) is 80.1 cm³/mol. The Morgan fingerprint density at radius 2 is 2.29 bits per heavy atom. The number of hydrogen-bond donors (Lipinski definition) is 3. The number of nitrogens with one attached hydrogen (secondary N) is 2. The van der Waals surface area contributed by atoms with E-state index in [2.05, 4.69) is 20.5 Å². The first-order valence-corrected chi connectivity index (χ1v) is 6.38. The number of aromatic amines is 1. The van der Waals surface area contributed by atoms with Gasteiger partial charge in [0.15, 0.2) is 11.5 Å². The Bertz CT molecular complexity index is 710. The molecule has 0 fully saturated rings. The van der Waals surface area contributed by atoms with Crippen molar-refractivity contribution in [2.24, 2.45) is 5.10 Å². The van der Waals surface area contributed by atoms with Gasteiger partial charge in [0.05, 0.1) is 13.3 Å². The fraction of sp³-hybridized carbons (Fsp3) is 0.214. The van der Waals surface area contributed by atoms with Crippen LogP contribution in [0.1, 0.15) is 18.2 Å². The van der Waals surface area contributed by atoms with Crippen LogP contribution in [-0.2, 0) is 6.42 Å². The maximum absolute atomic E-state index is 11.4. The second-order valence-electron chi connectivity index (χ2n) is 4.24. The van der Waals surface area contributed by atoms with Crippen molar-refractivity contribution in [3.63, 3.8) is 0 Å². The maximum atomic E-state index is 11.4. The summed E-state index contributed by atoms with van der Waals surface area (Å²) in [4.78, 5) is 18.1. The quantitative estimate of drug-likeness (QED) is 0.572. The molecule has 7 nitrogen and oxygen atoms in total. The minimum absolute atomic E-state index is 0.0287. The molecule has 0 atom stereocenters. The lowest BCUT2D eigenvalue weighted by Crippen LogP contribution is -2.11. The first kappa shape index (κ1) is 14.6. The number of methoxy groups -OCH3 is 1. The van der Waals surface area contributed by atoms with Crippen LogP contribution < -0.4 is 15.7 Å². The summed E-state index contributed by atoms with van der Waals surface area (Å²) in [5.74, 6) is 0.691. The van der Waals surface area contributed by atoms with E-state index in [4.69, 9.17) is 4.74 Å². The van der Waals surface area contributed by atoms with Gasteiger partial charge in [-0.25, -0.2) is 10.4 Å². The number of nitrogens with zero attached hydrogens (tertiary/aromatic N) is 2. The molecule has 0 saturated carbocycles. The van der Waals surface area contributed by atoms with Crippen LogP contribution in [0.25, 0.3) is 0 Å². The Hall–Kier alpha value is -2.83. The highest BCUT2D eigenvalue weighted by Gasteiger charge is 2.01. The number of hydrazone groups is 1. The monoisotopic (exact) mass is 288 g/mol. The molecule has 2 aromatic rings. The summed E-state index contributed by atoms with van der Waals surface area (Å²) in [5, 5.41) is 13.6. The summed E-state index contributed by atoms with van der Waals surface area (Å²) < 4.78 is 4.95. The highest BCUT2D eigenvalue weighted by molar-refractivity contribution is 5.81. The van der Waals surface area contributed by atoms with Crippen molar-refractivity contribution in [2.45, 2.75) is 13.3 Å². The van der Waals surface area contributed by atoms with Gasteiger partial charge in [-0.3, -0.25) is 9.78 Å². The van der Waals surface area contributed by atoms with Gasteiger partial charge in [-0.2, -0.15) is 5.10 Å². The van der Waals surface area contributed by atoms with Gasteiger partial charge in [0.2, 0.25) is 5.95 Å². The molecule has 0 radical (unpaired) electrons. The van der Waals surface area contributed by atoms with E-state index in [1.54, 1.807) is 12.1 Å². The van der Waals surface area contributed by atoms with E-state index in [-0.39, 0.29) is 17.3 Å². The normalized spacial score (nSPS) is 10.8. The predicted octanol–water partition coefficient (Wildman–Crippen LogP) is 1.49. The highest BCUT2D eigenvalue weighted by atomic mass is 16.5. The molecule has 0 unspecified atom stereocenters. The number of benzene rings is 1. The molecule has 0 bridgehead atoms. The number of ether oxygens (including phenoxy) is 1. The van der Waals surface area contributed by atoms with Crippen molar-refractivity contribution < 1.29 is 9.84 Å². The van der Waals surface area contributed by atoms with Gasteiger partial charge in [-0.1, -0.05) is 6.92 Å². The molecule has 0 aliphatic heterocycles. The number of aryl methyl sites for hydroxylation is 1. The van der Waals surface area contributed by atoms with E-state index >= 15 is 0 Å². The highest BCUT2D eigenvalue weighted by Crippen LogP contribution is 2.25. The van der Waals surface area contributed by atoms with Crippen LogP contribution >= 0.6 is 0 Å². The Morgan fingerprint density at radius 3 is 2.95 bits per heavy atom. The zero-order valence-corrected chi connectivity index (χ0v) is 11.8. The molecule has 3 N–H and O–H groups in total. The number of hydrogen-bond acceptors (Lipinski definition) is 6. The number of rotatable bonds is 5. The first-order valence-electron chi connectivity index (χ1n) is 6.38. The molecule has 21 heavy (non-hydrogen) atoms. The molecule has 0 spiro atoms. The van der Waals surface area contributed by atoms with E-state index in [9.17, 15) is 9.90 Å². The lowest BCUT2D eigenvalue weighted by atomic mass is 10.2. The van der Waals surface area contributed by atoms with E-state index in [0.717, 1.165) is 0 Å². The van der Waals surface area contributed by atoms with Crippen molar-refractivity contribution in [3.05, 3.63) is 45.9 Å². The van der Waals surface area contributed by atoms with Crippen molar-refractivity contribution in [3.8, 4) is 11.5 Å². The van der Waals surface area contributed by atoms with Gasteiger partial charge in [0.25, 0.3) is 5.56 Å². The number of H-pyrrole nitrogens is 1. The molecule has 0 saturated heterocycles. The summed E-state index contributed by atoms with van der Waals surface area (Å²) in [6.45, 7) is 1.91. The average molecular weight is 288 g/mol. The largest absolute Gasteiger partial charge is 0.504 e. The number of phenolic OH excluding ortho intramolecular Hbond substituents is 1. The SMILES string of the molecule is CCc1cc(=O)[nH]c(N/N=C\c2ccc(OC)c(O)c2)n1. The summed E-state index contributed by atoms with van der Waals surface area (Å²) in [6, 6.07) is 6.33. The smallest absolute Gasteiger partial charge is 0.252 e. The van der Waals surface area contributed by atoms with Crippen molar-refractivity contribution in [1.82, 2.24) is 9.97 Å². The van der Waals surface area contributed by atoms with E-state index in [0.29, 0.717) is 23.4 Å². The summed E-state index contributed by atoms with van der Waals surface area (Å²) in [5.41, 5.74) is 3.77. The van der Waals surface area contributed by atoms with E-state index in [1.807, 2.05) is 6.92 Å². The molecule has 1 aromatic carbocycles. The first-order chi connectivity index (χ1) is 10.1. The Labute approximate surface area is 121 Å². The Kier molecular flexibility index (Phi) is 4.55. The summed E-state index contributed by atoms with van der Waals surface area (Å²) in [7, 11) is 1.48. The van der Waals surface area contributed by atoms with Crippen LogP contribution in [0, 0.1) is 0 Å². The Balaban J connectivity index is 2.10. The van der Waals surface area contributed by atoms with Gasteiger partial charge >= 0.3 is 0 Å². The third-order valence-corrected chi connectivity index (χ3v) is 2.74. The minimum atomic E-state index is -0.235. The standard InChI is InChI=1S/C14H16N4O3/c1-3-10-7-13(20)17-14(16-10)18-15-8-9-4-5-12(21-2)11(19)6-9/h4-8,19H,3H2,1-2H3,(H2,16,17,18,20)/b15-8-. The van der Waals surface area contributed by atoms with Gasteiger partial charge in [-0.15, -0.1) is 0 Å². The number of phenols is 1. The minimum Gasteiger partial charge on any atom is -0.504 e. The number of aromatic hydroxyl groups is 1. The number of anilines is 1. The molecule has 0 amide bonds. The molecule has 110 valence electrons. The van der Waals surface area contributed by atoms with Crippen molar-refractivity contribution >= 4 is 12.2 Å². The van der Waals surface area contributed by atoms with Gasteiger partial charge < -0.3 is 9.84 Å². The van der Waals surface area contributed by atoms with Crippen LogP contribution in [-0.4, -0.2) is 28.4 Å². The van der Waals surface area contributed by atoms with Crippen LogP contribution in [0.15, 0.2) is 34.2 Å². The third kappa shape index (κ3) is 3.82. The zero-order valence-electron chi connectivity index (χ0n) is 11.8.